The van der Waals surface area contributed by atoms with Gasteiger partial charge in [0, 0.05) is 18.1 Å². The van der Waals surface area contributed by atoms with E-state index in [-0.39, 0.29) is 18.3 Å². The lowest BCUT2D eigenvalue weighted by Gasteiger charge is -2.10. The highest BCUT2D eigenvalue weighted by Crippen LogP contribution is 2.29. The Kier molecular flexibility index (Phi) is 4.61. The first-order chi connectivity index (χ1) is 11.7. The monoisotopic (exact) mass is 322 g/mol. The molecule has 24 heavy (non-hydrogen) atoms. The van der Waals surface area contributed by atoms with Crippen LogP contribution in [0.3, 0.4) is 0 Å². The molecule has 0 aliphatic rings. The fourth-order valence-electron chi connectivity index (χ4n) is 2.67. The number of nitrogens with one attached hydrogen (secondary N) is 1. The zero-order valence-electron chi connectivity index (χ0n) is 13.4. The second-order valence-electron chi connectivity index (χ2n) is 5.38. The third-order valence-electron chi connectivity index (χ3n) is 3.71. The maximum Gasteiger partial charge on any atom is 0.326 e. The molecular weight excluding hydrogens is 304 g/mol. The molecule has 1 aromatic heterocycles. The Morgan fingerprint density at radius 3 is 2.17 bits per heavy atom. The molecule has 3 aromatic rings. The highest BCUT2D eigenvalue weighted by molar-refractivity contribution is 5.78. The van der Waals surface area contributed by atoms with Gasteiger partial charge in [0.05, 0.1) is 17.9 Å². The Balaban J connectivity index is 2.10. The molecule has 0 radical (unpaired) electrons. The average Bonchev–Trinajstić information content (AvgIpc) is 2.93. The van der Waals surface area contributed by atoms with Crippen molar-refractivity contribution in [3.05, 3.63) is 71.1 Å². The summed E-state index contributed by atoms with van der Waals surface area (Å²) in [6.45, 7) is 1.81. The van der Waals surface area contributed by atoms with E-state index in [0.717, 1.165) is 22.5 Å². The van der Waals surface area contributed by atoms with Gasteiger partial charge in [-0.05, 0) is 0 Å². The number of rotatable bonds is 5. The summed E-state index contributed by atoms with van der Waals surface area (Å²) in [4.78, 5) is 26.4. The van der Waals surface area contributed by atoms with Crippen LogP contribution in [0, 0.1) is 0 Å². The number of imidazole rings is 1. The SMILES string of the molecule is CC(=O)OCCn1c(-c2ccccc2)c(-c2ccccc2)[nH]c1=O. The lowest BCUT2D eigenvalue weighted by Crippen LogP contribution is -2.21. The minimum absolute atomic E-state index is 0.154. The summed E-state index contributed by atoms with van der Waals surface area (Å²) in [6.07, 6.45) is 0. The molecule has 5 nitrogen and oxygen atoms in total. The van der Waals surface area contributed by atoms with Gasteiger partial charge in [0.25, 0.3) is 0 Å². The molecule has 122 valence electrons. The Morgan fingerprint density at radius 2 is 1.58 bits per heavy atom. The van der Waals surface area contributed by atoms with Crippen molar-refractivity contribution in [2.24, 2.45) is 0 Å². The third-order valence-corrected chi connectivity index (χ3v) is 3.71. The zero-order chi connectivity index (χ0) is 16.9. The quantitative estimate of drug-likeness (QED) is 0.734. The summed E-state index contributed by atoms with van der Waals surface area (Å²) >= 11 is 0. The average molecular weight is 322 g/mol. The first-order valence-electron chi connectivity index (χ1n) is 7.74. The van der Waals surface area contributed by atoms with Crippen molar-refractivity contribution in [3.8, 4) is 22.5 Å². The van der Waals surface area contributed by atoms with Crippen LogP contribution in [0.1, 0.15) is 6.92 Å². The number of hydrogen-bond donors (Lipinski definition) is 1. The molecule has 3 rings (SSSR count). The van der Waals surface area contributed by atoms with Crippen molar-refractivity contribution >= 4 is 5.97 Å². The molecule has 0 unspecified atom stereocenters. The van der Waals surface area contributed by atoms with Gasteiger partial charge in [-0.3, -0.25) is 9.36 Å². The molecule has 1 N–H and O–H groups in total. The van der Waals surface area contributed by atoms with Crippen LogP contribution in [0.5, 0.6) is 0 Å². The Labute approximate surface area is 139 Å². The van der Waals surface area contributed by atoms with Crippen molar-refractivity contribution in [3.63, 3.8) is 0 Å². The predicted octanol–water partition coefficient (Wildman–Crippen LogP) is 3.07. The van der Waals surface area contributed by atoms with Gasteiger partial charge in [0.1, 0.15) is 6.61 Å². The van der Waals surface area contributed by atoms with E-state index in [2.05, 4.69) is 4.98 Å². The summed E-state index contributed by atoms with van der Waals surface area (Å²) in [7, 11) is 0. The van der Waals surface area contributed by atoms with E-state index in [1.54, 1.807) is 4.57 Å². The van der Waals surface area contributed by atoms with Gasteiger partial charge in [0.2, 0.25) is 0 Å². The van der Waals surface area contributed by atoms with Crippen LogP contribution < -0.4 is 5.69 Å². The molecular formula is C19H18N2O3. The van der Waals surface area contributed by atoms with Gasteiger partial charge in [-0.25, -0.2) is 4.79 Å². The van der Waals surface area contributed by atoms with E-state index >= 15 is 0 Å². The molecule has 2 aromatic carbocycles. The summed E-state index contributed by atoms with van der Waals surface area (Å²) < 4.78 is 6.61. The van der Waals surface area contributed by atoms with Crippen molar-refractivity contribution < 1.29 is 9.53 Å². The lowest BCUT2D eigenvalue weighted by atomic mass is 10.0. The van der Waals surface area contributed by atoms with Crippen LogP contribution in [0.4, 0.5) is 0 Å². The van der Waals surface area contributed by atoms with Crippen LogP contribution in [-0.2, 0) is 16.1 Å². The second kappa shape index (κ2) is 7.00. The van der Waals surface area contributed by atoms with E-state index in [9.17, 15) is 9.59 Å². The number of hydrogen-bond acceptors (Lipinski definition) is 3. The Bertz CT molecular complexity index is 880. The molecule has 0 saturated carbocycles. The highest BCUT2D eigenvalue weighted by Gasteiger charge is 2.17. The van der Waals surface area contributed by atoms with Gasteiger partial charge < -0.3 is 9.72 Å². The maximum absolute atomic E-state index is 12.5. The van der Waals surface area contributed by atoms with Crippen LogP contribution in [-0.4, -0.2) is 22.1 Å². The molecule has 0 aliphatic carbocycles. The first-order valence-corrected chi connectivity index (χ1v) is 7.74. The molecule has 0 fully saturated rings. The van der Waals surface area contributed by atoms with Gasteiger partial charge in [-0.1, -0.05) is 60.7 Å². The number of aromatic amines is 1. The summed E-state index contributed by atoms with van der Waals surface area (Å²) in [6, 6.07) is 19.4. The molecule has 5 heteroatoms. The Morgan fingerprint density at radius 1 is 1.00 bits per heavy atom. The minimum atomic E-state index is -0.358. The molecule has 0 atom stereocenters. The fraction of sp³-hybridized carbons (Fsp3) is 0.158. The standard InChI is InChI=1S/C19H18N2O3/c1-14(22)24-13-12-21-18(16-10-6-3-7-11-16)17(20-19(21)23)15-8-4-2-5-9-15/h2-11H,12-13H2,1H3,(H,20,23). The lowest BCUT2D eigenvalue weighted by molar-refractivity contribution is -0.141. The largest absolute Gasteiger partial charge is 0.464 e. The van der Waals surface area contributed by atoms with E-state index in [1.807, 2.05) is 60.7 Å². The minimum Gasteiger partial charge on any atom is -0.464 e. The fourth-order valence-corrected chi connectivity index (χ4v) is 2.67. The van der Waals surface area contributed by atoms with Crippen LogP contribution in [0.2, 0.25) is 0 Å². The number of nitrogens with zero attached hydrogens (tertiary/aromatic N) is 1. The van der Waals surface area contributed by atoms with Gasteiger partial charge in [-0.15, -0.1) is 0 Å². The predicted molar refractivity (Wildman–Crippen MR) is 92.6 cm³/mol. The molecule has 0 bridgehead atoms. The number of H-pyrrole nitrogens is 1. The molecule has 1 heterocycles. The molecule has 0 aliphatic heterocycles. The number of ether oxygens (including phenoxy) is 1. The molecule has 0 spiro atoms. The summed E-state index contributed by atoms with van der Waals surface area (Å²) in [5.41, 5.74) is 3.19. The number of carbonyl (C=O) groups excluding carboxylic acids is 1. The number of carbonyl (C=O) groups is 1. The summed E-state index contributed by atoms with van der Waals surface area (Å²) in [5, 5.41) is 0. The van der Waals surface area contributed by atoms with Crippen molar-refractivity contribution in [2.45, 2.75) is 13.5 Å². The van der Waals surface area contributed by atoms with E-state index in [0.29, 0.717) is 6.54 Å². The van der Waals surface area contributed by atoms with E-state index in [1.165, 1.54) is 6.92 Å². The van der Waals surface area contributed by atoms with Crippen LogP contribution in [0.25, 0.3) is 22.5 Å². The third kappa shape index (κ3) is 3.30. The van der Waals surface area contributed by atoms with Crippen LogP contribution in [0.15, 0.2) is 65.5 Å². The van der Waals surface area contributed by atoms with E-state index in [4.69, 9.17) is 4.74 Å². The van der Waals surface area contributed by atoms with Crippen LogP contribution >= 0.6 is 0 Å². The van der Waals surface area contributed by atoms with Gasteiger partial charge in [-0.2, -0.15) is 0 Å². The number of benzene rings is 2. The first kappa shape index (κ1) is 15.8. The topological polar surface area (TPSA) is 64.1 Å². The van der Waals surface area contributed by atoms with E-state index < -0.39 is 0 Å². The molecule has 0 saturated heterocycles. The van der Waals surface area contributed by atoms with Crippen molar-refractivity contribution in [1.82, 2.24) is 9.55 Å². The normalized spacial score (nSPS) is 10.5. The maximum atomic E-state index is 12.5. The Hall–Kier alpha value is -3.08. The van der Waals surface area contributed by atoms with Gasteiger partial charge in [0.15, 0.2) is 0 Å². The van der Waals surface area contributed by atoms with Crippen molar-refractivity contribution in [1.29, 1.82) is 0 Å². The zero-order valence-corrected chi connectivity index (χ0v) is 13.4. The molecule has 0 amide bonds. The highest BCUT2D eigenvalue weighted by atomic mass is 16.5. The second-order valence-corrected chi connectivity index (χ2v) is 5.38. The summed E-state index contributed by atoms with van der Waals surface area (Å²) in [5.74, 6) is -0.358. The number of esters is 1. The van der Waals surface area contributed by atoms with Crippen molar-refractivity contribution in [2.75, 3.05) is 6.61 Å². The smallest absolute Gasteiger partial charge is 0.326 e. The van der Waals surface area contributed by atoms with Gasteiger partial charge >= 0.3 is 11.7 Å². The number of aromatic nitrogens is 2.